The second-order valence-electron chi connectivity index (χ2n) is 3.85. The van der Waals surface area contributed by atoms with E-state index in [0.29, 0.717) is 0 Å². The minimum atomic E-state index is 0.744. The van der Waals surface area contributed by atoms with Crippen molar-refractivity contribution < 1.29 is 0 Å². The maximum atomic E-state index is 5.73. The van der Waals surface area contributed by atoms with Crippen molar-refractivity contribution in [2.24, 2.45) is 0 Å². The maximum Gasteiger partial charge on any atom is 0.183 e. The van der Waals surface area contributed by atoms with Crippen LogP contribution in [-0.4, -0.2) is 30.9 Å². The molecule has 18 heavy (non-hydrogen) atoms. The number of nitrogen functional groups attached to an aromatic ring is 1. The number of aromatic nitrogens is 5. The zero-order chi connectivity index (χ0) is 12.4. The Morgan fingerprint density at radius 3 is 3.11 bits per heavy atom. The molecule has 0 atom stereocenters. The first-order chi connectivity index (χ1) is 8.81. The molecule has 2 heterocycles. The monoisotopic (exact) mass is 260 g/mol. The van der Waals surface area contributed by atoms with E-state index >= 15 is 0 Å². The van der Waals surface area contributed by atoms with Gasteiger partial charge in [-0.05, 0) is 18.2 Å². The number of rotatable bonds is 4. The average Bonchev–Trinajstić information content (AvgIpc) is 2.97. The van der Waals surface area contributed by atoms with Crippen molar-refractivity contribution in [2.75, 3.05) is 11.5 Å². The van der Waals surface area contributed by atoms with Gasteiger partial charge in [-0.2, -0.15) is 5.10 Å². The van der Waals surface area contributed by atoms with Gasteiger partial charge >= 0.3 is 0 Å². The molecule has 92 valence electrons. The van der Waals surface area contributed by atoms with Gasteiger partial charge in [-0.1, -0.05) is 11.8 Å². The molecule has 0 aliphatic heterocycles. The molecule has 6 nitrogen and oxygen atoms in total. The Kier molecular flexibility index (Phi) is 2.89. The number of thioether (sulfide) groups is 1. The summed E-state index contributed by atoms with van der Waals surface area (Å²) in [5, 5.41) is 7.44. The van der Waals surface area contributed by atoms with Crippen LogP contribution in [0, 0.1) is 0 Å². The van der Waals surface area contributed by atoms with Gasteiger partial charge in [0.1, 0.15) is 12.2 Å². The number of hydrogen-bond donors (Lipinski definition) is 3. The van der Waals surface area contributed by atoms with Gasteiger partial charge in [-0.25, -0.2) is 9.97 Å². The van der Waals surface area contributed by atoms with Crippen LogP contribution in [0.2, 0.25) is 0 Å². The van der Waals surface area contributed by atoms with Crippen LogP contribution >= 0.6 is 11.8 Å². The lowest BCUT2D eigenvalue weighted by atomic mass is 10.3. The van der Waals surface area contributed by atoms with Gasteiger partial charge in [-0.3, -0.25) is 5.10 Å². The van der Waals surface area contributed by atoms with E-state index < -0.39 is 0 Å². The fourth-order valence-electron chi connectivity index (χ4n) is 1.71. The highest BCUT2D eigenvalue weighted by Gasteiger charge is 2.04. The van der Waals surface area contributed by atoms with E-state index in [9.17, 15) is 0 Å². The summed E-state index contributed by atoms with van der Waals surface area (Å²) in [7, 11) is 0. The smallest absolute Gasteiger partial charge is 0.183 e. The predicted octanol–water partition coefficient (Wildman–Crippen LogP) is 1.60. The van der Waals surface area contributed by atoms with Crippen LogP contribution in [-0.2, 0) is 6.42 Å². The van der Waals surface area contributed by atoms with E-state index in [2.05, 4.69) is 25.1 Å². The summed E-state index contributed by atoms with van der Waals surface area (Å²) >= 11 is 1.62. The lowest BCUT2D eigenvalue weighted by Gasteiger charge is -1.94. The van der Waals surface area contributed by atoms with E-state index in [4.69, 9.17) is 5.73 Å². The molecule has 0 unspecified atom stereocenters. The number of H-pyrrole nitrogens is 2. The van der Waals surface area contributed by atoms with Crippen LogP contribution < -0.4 is 5.73 Å². The Bertz CT molecular complexity index is 645. The number of benzene rings is 1. The predicted molar refractivity (Wildman–Crippen MR) is 71.3 cm³/mol. The lowest BCUT2D eigenvalue weighted by Crippen LogP contribution is -1.91. The highest BCUT2D eigenvalue weighted by atomic mass is 32.2. The first kappa shape index (κ1) is 11.1. The molecule has 0 fully saturated rings. The molecule has 0 amide bonds. The fraction of sp³-hybridized carbons (Fsp3) is 0.182. The number of aromatic amines is 2. The van der Waals surface area contributed by atoms with E-state index in [-0.39, 0.29) is 0 Å². The van der Waals surface area contributed by atoms with Gasteiger partial charge in [0.05, 0.1) is 11.0 Å². The molecule has 0 spiro atoms. The summed E-state index contributed by atoms with van der Waals surface area (Å²) in [6, 6.07) is 5.68. The van der Waals surface area contributed by atoms with Crippen molar-refractivity contribution in [3.8, 4) is 0 Å². The molecule has 2 aromatic heterocycles. The van der Waals surface area contributed by atoms with Gasteiger partial charge in [0, 0.05) is 17.9 Å². The van der Waals surface area contributed by atoms with Gasteiger partial charge in [0.15, 0.2) is 5.16 Å². The Morgan fingerprint density at radius 1 is 1.33 bits per heavy atom. The van der Waals surface area contributed by atoms with Gasteiger partial charge in [-0.15, -0.1) is 0 Å². The second kappa shape index (κ2) is 4.69. The Balaban J connectivity index is 1.67. The van der Waals surface area contributed by atoms with Crippen LogP contribution in [0.25, 0.3) is 11.0 Å². The van der Waals surface area contributed by atoms with Crippen LogP contribution in [0.15, 0.2) is 29.7 Å². The SMILES string of the molecule is Nc1ccc2nc(CCSc3ncn[nH]3)[nH]c2c1. The lowest BCUT2D eigenvalue weighted by molar-refractivity contribution is 0.961. The van der Waals surface area contributed by atoms with Crippen LogP contribution in [0.5, 0.6) is 0 Å². The molecule has 0 aliphatic carbocycles. The van der Waals surface area contributed by atoms with Crippen LogP contribution in [0.1, 0.15) is 5.82 Å². The van der Waals surface area contributed by atoms with Crippen molar-refractivity contribution in [2.45, 2.75) is 11.6 Å². The number of nitrogens with zero attached hydrogens (tertiary/aromatic N) is 3. The molecule has 3 rings (SSSR count). The van der Waals surface area contributed by atoms with Crippen molar-refractivity contribution >= 4 is 28.5 Å². The normalized spacial score (nSPS) is 11.1. The van der Waals surface area contributed by atoms with Crippen molar-refractivity contribution in [1.29, 1.82) is 0 Å². The summed E-state index contributed by atoms with van der Waals surface area (Å²) in [6.07, 6.45) is 2.35. The summed E-state index contributed by atoms with van der Waals surface area (Å²) in [6.45, 7) is 0. The molecule has 0 saturated heterocycles. The zero-order valence-electron chi connectivity index (χ0n) is 9.55. The van der Waals surface area contributed by atoms with Crippen LogP contribution in [0.3, 0.4) is 0 Å². The standard InChI is InChI=1S/C11H12N6S/c12-7-1-2-8-9(5-7)16-10(15-8)3-4-18-11-13-6-14-17-11/h1-2,5-6H,3-4,12H2,(H,15,16)(H,13,14,17). The van der Waals surface area contributed by atoms with E-state index in [1.165, 1.54) is 6.33 Å². The minimum absolute atomic E-state index is 0.744. The van der Waals surface area contributed by atoms with Crippen molar-refractivity contribution in [1.82, 2.24) is 25.1 Å². The van der Waals surface area contributed by atoms with Crippen LogP contribution in [0.4, 0.5) is 5.69 Å². The fourth-order valence-corrected chi connectivity index (χ4v) is 2.43. The number of nitrogens with one attached hydrogen (secondary N) is 2. The molecule has 1 aromatic carbocycles. The molecule has 0 radical (unpaired) electrons. The number of nitrogens with two attached hydrogens (primary N) is 1. The largest absolute Gasteiger partial charge is 0.399 e. The molecule has 0 saturated carbocycles. The quantitative estimate of drug-likeness (QED) is 0.489. The van der Waals surface area contributed by atoms with E-state index in [0.717, 1.165) is 39.9 Å². The minimum Gasteiger partial charge on any atom is -0.399 e. The molecule has 0 aliphatic rings. The molecule has 3 aromatic rings. The molecular formula is C11H12N6S. The molecule has 4 N–H and O–H groups in total. The number of aryl methyl sites for hydroxylation is 1. The molecular weight excluding hydrogens is 248 g/mol. The first-order valence-corrected chi connectivity index (χ1v) is 6.52. The summed E-state index contributed by atoms with van der Waals surface area (Å²) in [5.41, 5.74) is 8.40. The summed E-state index contributed by atoms with van der Waals surface area (Å²) in [5.74, 6) is 1.85. The van der Waals surface area contributed by atoms with Gasteiger partial charge in [0.2, 0.25) is 0 Å². The third kappa shape index (κ3) is 2.30. The highest BCUT2D eigenvalue weighted by Crippen LogP contribution is 2.17. The van der Waals surface area contributed by atoms with Crippen molar-refractivity contribution in [3.63, 3.8) is 0 Å². The Labute approximate surface area is 107 Å². The zero-order valence-corrected chi connectivity index (χ0v) is 10.4. The Hall–Kier alpha value is -2.02. The van der Waals surface area contributed by atoms with E-state index in [1.54, 1.807) is 11.8 Å². The summed E-state index contributed by atoms with van der Waals surface area (Å²) < 4.78 is 0. The number of hydrogen-bond acceptors (Lipinski definition) is 5. The topological polar surface area (TPSA) is 96.3 Å². The van der Waals surface area contributed by atoms with Gasteiger partial charge < -0.3 is 10.7 Å². The first-order valence-electron chi connectivity index (χ1n) is 5.53. The molecule has 0 bridgehead atoms. The Morgan fingerprint density at radius 2 is 2.28 bits per heavy atom. The third-order valence-electron chi connectivity index (χ3n) is 2.53. The number of anilines is 1. The number of fused-ring (bicyclic) bond motifs is 1. The highest BCUT2D eigenvalue weighted by molar-refractivity contribution is 7.99. The van der Waals surface area contributed by atoms with Gasteiger partial charge in [0.25, 0.3) is 0 Å². The second-order valence-corrected chi connectivity index (χ2v) is 4.93. The molecule has 7 heteroatoms. The third-order valence-corrected chi connectivity index (χ3v) is 3.40. The average molecular weight is 260 g/mol. The number of imidazole rings is 1. The van der Waals surface area contributed by atoms with Crippen molar-refractivity contribution in [3.05, 3.63) is 30.4 Å². The van der Waals surface area contributed by atoms with E-state index in [1.807, 2.05) is 18.2 Å². The maximum absolute atomic E-state index is 5.73. The summed E-state index contributed by atoms with van der Waals surface area (Å²) in [4.78, 5) is 11.8.